The molecule has 1 rings (SSSR count). The van der Waals surface area contributed by atoms with Crippen molar-refractivity contribution in [2.45, 2.75) is 47.1 Å². The molecule has 2 nitrogen and oxygen atoms in total. The third-order valence-corrected chi connectivity index (χ3v) is 2.72. The van der Waals surface area contributed by atoms with Crippen LogP contribution in [-0.2, 0) is 0 Å². The highest BCUT2D eigenvalue weighted by atomic mass is 16.5. The summed E-state index contributed by atoms with van der Waals surface area (Å²) in [5.74, 6) is 1.06. The summed E-state index contributed by atoms with van der Waals surface area (Å²) >= 11 is 0. The molecule has 0 bridgehead atoms. The molecule has 0 spiro atoms. The Bertz CT molecular complexity index is 335. The van der Waals surface area contributed by atoms with Crippen LogP contribution in [0, 0.1) is 20.8 Å². The average Bonchev–Trinajstić information content (AvgIpc) is 2.20. The minimum atomic E-state index is 0.554. The minimum Gasteiger partial charge on any atom is -0.493 e. The summed E-state index contributed by atoms with van der Waals surface area (Å²) in [4.78, 5) is 0. The summed E-state index contributed by atoms with van der Waals surface area (Å²) in [5, 5.41) is 3.39. The zero-order valence-electron chi connectivity index (χ0n) is 11.8. The Hall–Kier alpha value is -1.02. The molecule has 0 amide bonds. The van der Waals surface area contributed by atoms with Gasteiger partial charge < -0.3 is 10.1 Å². The van der Waals surface area contributed by atoms with Crippen LogP contribution in [-0.4, -0.2) is 19.2 Å². The van der Waals surface area contributed by atoms with Crippen LogP contribution in [0.25, 0.3) is 0 Å². The Morgan fingerprint density at radius 3 is 2.24 bits per heavy atom. The summed E-state index contributed by atoms with van der Waals surface area (Å²) in [7, 11) is 0. The first-order valence-corrected chi connectivity index (χ1v) is 6.44. The van der Waals surface area contributed by atoms with E-state index < -0.39 is 0 Å². The van der Waals surface area contributed by atoms with Crippen LogP contribution in [0.4, 0.5) is 0 Å². The van der Waals surface area contributed by atoms with Gasteiger partial charge in [0.2, 0.25) is 0 Å². The first kappa shape index (κ1) is 14.0. The normalized spacial score (nSPS) is 10.9. The number of aryl methyl sites for hydroxylation is 3. The summed E-state index contributed by atoms with van der Waals surface area (Å²) in [5.41, 5.74) is 3.77. The van der Waals surface area contributed by atoms with Gasteiger partial charge in [-0.05, 0) is 44.9 Å². The van der Waals surface area contributed by atoms with Crippen LogP contribution in [0.5, 0.6) is 5.75 Å². The Balaban J connectivity index is 2.42. The predicted octanol–water partition coefficient (Wildman–Crippen LogP) is 3.38. The van der Waals surface area contributed by atoms with E-state index in [2.05, 4.69) is 52.1 Å². The summed E-state index contributed by atoms with van der Waals surface area (Å²) in [6.45, 7) is 12.5. The summed E-state index contributed by atoms with van der Waals surface area (Å²) in [6, 6.07) is 4.90. The Morgan fingerprint density at radius 1 is 1.12 bits per heavy atom. The van der Waals surface area contributed by atoms with Gasteiger partial charge in [-0.3, -0.25) is 0 Å². The van der Waals surface area contributed by atoms with Gasteiger partial charge in [0.05, 0.1) is 6.61 Å². The molecular weight excluding hydrogens is 210 g/mol. The number of hydrogen-bond acceptors (Lipinski definition) is 2. The fraction of sp³-hybridized carbons (Fsp3) is 0.600. The van der Waals surface area contributed by atoms with E-state index >= 15 is 0 Å². The molecule has 0 aliphatic rings. The molecule has 0 unspecified atom stereocenters. The summed E-state index contributed by atoms with van der Waals surface area (Å²) in [6.07, 6.45) is 1.05. The van der Waals surface area contributed by atoms with Crippen LogP contribution in [0.1, 0.15) is 37.0 Å². The second-order valence-electron chi connectivity index (χ2n) is 5.04. The monoisotopic (exact) mass is 235 g/mol. The highest BCUT2D eigenvalue weighted by Gasteiger charge is 2.04. The third-order valence-electron chi connectivity index (χ3n) is 2.72. The first-order chi connectivity index (χ1) is 8.00. The lowest BCUT2D eigenvalue weighted by Gasteiger charge is -2.13. The maximum atomic E-state index is 5.86. The minimum absolute atomic E-state index is 0.554. The van der Waals surface area contributed by atoms with Gasteiger partial charge in [0.1, 0.15) is 5.75 Å². The van der Waals surface area contributed by atoms with E-state index in [1.165, 1.54) is 16.7 Å². The standard InChI is InChI=1S/C15H25NO/c1-11(2)16-7-6-8-17-15-13(4)9-12(3)10-14(15)5/h9-11,16H,6-8H2,1-5H3. The topological polar surface area (TPSA) is 21.3 Å². The number of nitrogens with one attached hydrogen (secondary N) is 1. The third kappa shape index (κ3) is 4.78. The van der Waals surface area contributed by atoms with Crippen LogP contribution in [0.2, 0.25) is 0 Å². The smallest absolute Gasteiger partial charge is 0.125 e. The van der Waals surface area contributed by atoms with Gasteiger partial charge in [-0.25, -0.2) is 0 Å². The van der Waals surface area contributed by atoms with E-state index in [-0.39, 0.29) is 0 Å². The van der Waals surface area contributed by atoms with Gasteiger partial charge in [-0.2, -0.15) is 0 Å². The second kappa shape index (κ2) is 6.65. The SMILES string of the molecule is Cc1cc(C)c(OCCCNC(C)C)c(C)c1. The lowest BCUT2D eigenvalue weighted by atomic mass is 10.1. The molecule has 0 aliphatic heterocycles. The number of ether oxygens (including phenoxy) is 1. The molecule has 0 fully saturated rings. The Labute approximate surface area is 105 Å². The molecule has 0 saturated carbocycles. The van der Waals surface area contributed by atoms with E-state index in [1.54, 1.807) is 0 Å². The van der Waals surface area contributed by atoms with Crippen LogP contribution >= 0.6 is 0 Å². The first-order valence-electron chi connectivity index (χ1n) is 6.44. The van der Waals surface area contributed by atoms with Crippen molar-refractivity contribution in [3.05, 3.63) is 28.8 Å². The van der Waals surface area contributed by atoms with Gasteiger partial charge in [-0.15, -0.1) is 0 Å². The van der Waals surface area contributed by atoms with Gasteiger partial charge in [0.15, 0.2) is 0 Å². The molecule has 0 saturated heterocycles. The Morgan fingerprint density at radius 2 is 1.71 bits per heavy atom. The average molecular weight is 235 g/mol. The molecule has 0 aromatic heterocycles. The van der Waals surface area contributed by atoms with Crippen molar-refractivity contribution in [3.8, 4) is 5.75 Å². The number of hydrogen-bond donors (Lipinski definition) is 1. The molecule has 17 heavy (non-hydrogen) atoms. The fourth-order valence-electron chi connectivity index (χ4n) is 2.03. The maximum Gasteiger partial charge on any atom is 0.125 e. The van der Waals surface area contributed by atoms with E-state index in [0.717, 1.165) is 25.3 Å². The van der Waals surface area contributed by atoms with Gasteiger partial charge >= 0.3 is 0 Å². The highest BCUT2D eigenvalue weighted by molar-refractivity contribution is 5.42. The van der Waals surface area contributed by atoms with E-state index in [4.69, 9.17) is 4.74 Å². The predicted molar refractivity (Wildman–Crippen MR) is 73.9 cm³/mol. The molecule has 0 atom stereocenters. The van der Waals surface area contributed by atoms with Crippen molar-refractivity contribution < 1.29 is 4.74 Å². The van der Waals surface area contributed by atoms with Crippen molar-refractivity contribution in [3.63, 3.8) is 0 Å². The number of rotatable bonds is 6. The van der Waals surface area contributed by atoms with E-state index in [0.29, 0.717) is 6.04 Å². The van der Waals surface area contributed by atoms with Gasteiger partial charge in [0, 0.05) is 6.04 Å². The largest absolute Gasteiger partial charge is 0.493 e. The lowest BCUT2D eigenvalue weighted by Crippen LogP contribution is -2.24. The van der Waals surface area contributed by atoms with Gasteiger partial charge in [0.25, 0.3) is 0 Å². The molecule has 0 radical (unpaired) electrons. The van der Waals surface area contributed by atoms with Crippen molar-refractivity contribution in [2.75, 3.05) is 13.2 Å². The van der Waals surface area contributed by atoms with E-state index in [9.17, 15) is 0 Å². The molecule has 0 heterocycles. The summed E-state index contributed by atoms with van der Waals surface area (Å²) < 4.78 is 5.86. The maximum absolute atomic E-state index is 5.86. The quantitative estimate of drug-likeness (QED) is 0.763. The van der Waals surface area contributed by atoms with Crippen molar-refractivity contribution >= 4 is 0 Å². The molecule has 96 valence electrons. The molecular formula is C15H25NO. The van der Waals surface area contributed by atoms with Gasteiger partial charge in [-0.1, -0.05) is 31.5 Å². The molecule has 2 heteroatoms. The highest BCUT2D eigenvalue weighted by Crippen LogP contribution is 2.24. The fourth-order valence-corrected chi connectivity index (χ4v) is 2.03. The zero-order chi connectivity index (χ0) is 12.8. The van der Waals surface area contributed by atoms with Crippen molar-refractivity contribution in [1.82, 2.24) is 5.32 Å². The van der Waals surface area contributed by atoms with E-state index in [1.807, 2.05) is 0 Å². The lowest BCUT2D eigenvalue weighted by molar-refractivity contribution is 0.302. The molecule has 1 aromatic carbocycles. The molecule has 1 aromatic rings. The van der Waals surface area contributed by atoms with Crippen molar-refractivity contribution in [1.29, 1.82) is 0 Å². The number of benzene rings is 1. The van der Waals surface area contributed by atoms with Crippen LogP contribution in [0.15, 0.2) is 12.1 Å². The van der Waals surface area contributed by atoms with Crippen LogP contribution in [0.3, 0.4) is 0 Å². The molecule has 0 aliphatic carbocycles. The van der Waals surface area contributed by atoms with Crippen LogP contribution < -0.4 is 10.1 Å². The molecule has 1 N–H and O–H groups in total. The Kier molecular flexibility index (Phi) is 5.49. The van der Waals surface area contributed by atoms with Crippen molar-refractivity contribution in [2.24, 2.45) is 0 Å². The second-order valence-corrected chi connectivity index (χ2v) is 5.04. The zero-order valence-corrected chi connectivity index (χ0v) is 11.8.